The number of hydrogen-bond donors (Lipinski definition) is 0. The Kier molecular flexibility index (Phi) is 6.43. The van der Waals surface area contributed by atoms with Crippen LogP contribution in [-0.4, -0.2) is 0 Å². The van der Waals surface area contributed by atoms with Gasteiger partial charge in [-0.15, -0.1) is 0 Å². The molecule has 5 rings (SSSR count). The van der Waals surface area contributed by atoms with Crippen LogP contribution in [-0.2, 0) is 0 Å². The van der Waals surface area contributed by atoms with Gasteiger partial charge < -0.3 is 9.47 Å². The highest BCUT2D eigenvalue weighted by atomic mass is 16.5. The average Bonchev–Trinajstić information content (AvgIpc) is 2.95. The normalized spacial score (nSPS) is 10.2. The molecule has 0 aliphatic rings. The third kappa shape index (κ3) is 4.66. The van der Waals surface area contributed by atoms with Crippen molar-refractivity contribution in [1.82, 2.24) is 0 Å². The summed E-state index contributed by atoms with van der Waals surface area (Å²) in [6.07, 6.45) is 0. The van der Waals surface area contributed by atoms with Gasteiger partial charge in [-0.25, -0.2) is 0 Å². The number of hydrogen-bond acceptors (Lipinski definition) is 4. The van der Waals surface area contributed by atoms with E-state index in [2.05, 4.69) is 12.1 Å². The molecule has 0 unspecified atom stereocenters. The summed E-state index contributed by atoms with van der Waals surface area (Å²) in [6, 6.07) is 42.5. The van der Waals surface area contributed by atoms with E-state index >= 15 is 0 Å². The molecular weight excluding hydrogens is 444 g/mol. The zero-order valence-electron chi connectivity index (χ0n) is 19.3. The number of nitrogens with zero attached hydrogens (tertiary/aromatic N) is 2. The van der Waals surface area contributed by atoms with Gasteiger partial charge in [-0.2, -0.15) is 10.5 Å². The van der Waals surface area contributed by atoms with Crippen molar-refractivity contribution in [3.63, 3.8) is 0 Å². The third-order valence-electron chi connectivity index (χ3n) is 5.71. The van der Waals surface area contributed by atoms with Gasteiger partial charge in [0, 0.05) is 23.3 Å². The summed E-state index contributed by atoms with van der Waals surface area (Å²) in [5, 5.41) is 19.3. The molecule has 0 amide bonds. The molecule has 0 fully saturated rings. The molecule has 0 bridgehead atoms. The molecule has 5 aromatic carbocycles. The lowest BCUT2D eigenvalue weighted by atomic mass is 10.0. The number of benzene rings is 5. The summed E-state index contributed by atoms with van der Waals surface area (Å²) in [7, 11) is 0. The Bertz CT molecular complexity index is 1480. The molecule has 0 saturated heterocycles. The SMILES string of the molecule is N#Cc1cc(Oc2ccccc2-c2ccccc2)c(Oc2ccccc2-c2ccccc2)cc1C#N. The quantitative estimate of drug-likeness (QED) is 0.253. The van der Waals surface area contributed by atoms with Crippen LogP contribution in [0.3, 0.4) is 0 Å². The molecule has 0 spiro atoms. The lowest BCUT2D eigenvalue weighted by Crippen LogP contribution is -1.96. The van der Waals surface area contributed by atoms with Gasteiger partial charge in [0.15, 0.2) is 11.5 Å². The van der Waals surface area contributed by atoms with Crippen molar-refractivity contribution in [2.24, 2.45) is 0 Å². The zero-order chi connectivity index (χ0) is 24.7. The van der Waals surface area contributed by atoms with Crippen molar-refractivity contribution in [3.8, 4) is 57.4 Å². The summed E-state index contributed by atoms with van der Waals surface area (Å²) in [4.78, 5) is 0. The molecular formula is C32H20N2O2. The van der Waals surface area contributed by atoms with Crippen LogP contribution in [0.4, 0.5) is 0 Å². The first-order valence-electron chi connectivity index (χ1n) is 11.4. The lowest BCUT2D eigenvalue weighted by Gasteiger charge is -2.17. The third-order valence-corrected chi connectivity index (χ3v) is 5.71. The van der Waals surface area contributed by atoms with E-state index < -0.39 is 0 Å². The first-order valence-corrected chi connectivity index (χ1v) is 11.4. The number of ether oxygens (including phenoxy) is 2. The Hall–Kier alpha value is -5.32. The molecule has 0 radical (unpaired) electrons. The molecule has 4 nitrogen and oxygen atoms in total. The first kappa shape index (κ1) is 22.5. The van der Waals surface area contributed by atoms with Crippen molar-refractivity contribution in [3.05, 3.63) is 132 Å². The molecule has 36 heavy (non-hydrogen) atoms. The fourth-order valence-electron chi connectivity index (χ4n) is 3.97. The van der Waals surface area contributed by atoms with Crippen molar-refractivity contribution in [1.29, 1.82) is 10.5 Å². The number of nitriles is 2. The van der Waals surface area contributed by atoms with Crippen LogP contribution in [0.15, 0.2) is 121 Å². The summed E-state index contributed by atoms with van der Waals surface area (Å²) < 4.78 is 12.7. The van der Waals surface area contributed by atoms with Gasteiger partial charge in [0.25, 0.3) is 0 Å². The molecule has 0 atom stereocenters. The highest BCUT2D eigenvalue weighted by molar-refractivity contribution is 5.73. The highest BCUT2D eigenvalue weighted by Crippen LogP contribution is 2.42. The van der Waals surface area contributed by atoms with Crippen LogP contribution >= 0.6 is 0 Å². The van der Waals surface area contributed by atoms with E-state index in [0.717, 1.165) is 22.3 Å². The second kappa shape index (κ2) is 10.3. The molecule has 0 saturated carbocycles. The van der Waals surface area contributed by atoms with Crippen molar-refractivity contribution in [2.45, 2.75) is 0 Å². The van der Waals surface area contributed by atoms with E-state index in [-0.39, 0.29) is 11.1 Å². The predicted octanol–water partition coefficient (Wildman–Crippen LogP) is 8.35. The Labute approximate surface area is 209 Å². The maximum Gasteiger partial charge on any atom is 0.171 e. The molecule has 5 aromatic rings. The standard InChI is InChI=1S/C32H20N2O2/c33-21-25-19-31(35-29-17-9-7-15-27(29)23-11-3-1-4-12-23)32(20-26(25)22-34)36-30-18-10-8-16-28(30)24-13-5-2-6-14-24/h1-20H. The van der Waals surface area contributed by atoms with Gasteiger partial charge in [-0.1, -0.05) is 97.1 Å². The maximum absolute atomic E-state index is 9.65. The van der Waals surface area contributed by atoms with Gasteiger partial charge in [0.05, 0.1) is 11.1 Å². The van der Waals surface area contributed by atoms with Crippen LogP contribution in [0.2, 0.25) is 0 Å². The lowest BCUT2D eigenvalue weighted by molar-refractivity contribution is 0.420. The Balaban J connectivity index is 1.61. The largest absolute Gasteiger partial charge is 0.453 e. The fourth-order valence-corrected chi connectivity index (χ4v) is 3.97. The van der Waals surface area contributed by atoms with Gasteiger partial charge in [0.1, 0.15) is 23.6 Å². The average molecular weight is 465 g/mol. The predicted molar refractivity (Wildman–Crippen MR) is 140 cm³/mol. The summed E-state index contributed by atoms with van der Waals surface area (Å²) >= 11 is 0. The Morgan fingerprint density at radius 2 is 0.778 bits per heavy atom. The minimum atomic E-state index is 0.216. The van der Waals surface area contributed by atoms with Gasteiger partial charge >= 0.3 is 0 Å². The van der Waals surface area contributed by atoms with E-state index in [1.807, 2.05) is 109 Å². The molecule has 0 N–H and O–H groups in total. The number of rotatable bonds is 6. The highest BCUT2D eigenvalue weighted by Gasteiger charge is 2.17. The second-order valence-corrected chi connectivity index (χ2v) is 8.00. The number of para-hydroxylation sites is 2. The maximum atomic E-state index is 9.65. The van der Waals surface area contributed by atoms with E-state index in [9.17, 15) is 10.5 Å². The van der Waals surface area contributed by atoms with E-state index in [4.69, 9.17) is 9.47 Å². The van der Waals surface area contributed by atoms with Crippen molar-refractivity contribution in [2.75, 3.05) is 0 Å². The summed E-state index contributed by atoms with van der Waals surface area (Å²) in [5.74, 6) is 1.91. The Morgan fingerprint density at radius 3 is 1.17 bits per heavy atom. The molecule has 0 aliphatic heterocycles. The van der Waals surface area contributed by atoms with Crippen molar-refractivity contribution >= 4 is 0 Å². The van der Waals surface area contributed by atoms with Crippen LogP contribution in [0.25, 0.3) is 22.3 Å². The fraction of sp³-hybridized carbons (Fsp3) is 0. The topological polar surface area (TPSA) is 66.0 Å². The monoisotopic (exact) mass is 464 g/mol. The van der Waals surface area contributed by atoms with Crippen LogP contribution in [0.1, 0.15) is 11.1 Å². The van der Waals surface area contributed by atoms with E-state index in [1.165, 1.54) is 0 Å². The van der Waals surface area contributed by atoms with Crippen LogP contribution in [0, 0.1) is 22.7 Å². The van der Waals surface area contributed by atoms with Crippen LogP contribution in [0.5, 0.6) is 23.0 Å². The first-order chi connectivity index (χ1) is 17.8. The van der Waals surface area contributed by atoms with Crippen LogP contribution < -0.4 is 9.47 Å². The van der Waals surface area contributed by atoms with E-state index in [0.29, 0.717) is 23.0 Å². The molecule has 0 heterocycles. The molecule has 170 valence electrons. The minimum absolute atomic E-state index is 0.216. The summed E-state index contributed by atoms with van der Waals surface area (Å²) in [6.45, 7) is 0. The van der Waals surface area contributed by atoms with Gasteiger partial charge in [-0.3, -0.25) is 0 Å². The molecule has 4 heteroatoms. The smallest absolute Gasteiger partial charge is 0.171 e. The van der Waals surface area contributed by atoms with Gasteiger partial charge in [-0.05, 0) is 23.3 Å². The van der Waals surface area contributed by atoms with Gasteiger partial charge in [0.2, 0.25) is 0 Å². The second-order valence-electron chi connectivity index (χ2n) is 8.00. The zero-order valence-corrected chi connectivity index (χ0v) is 19.3. The Morgan fingerprint density at radius 1 is 0.417 bits per heavy atom. The molecule has 0 aromatic heterocycles. The van der Waals surface area contributed by atoms with Crippen molar-refractivity contribution < 1.29 is 9.47 Å². The summed E-state index contributed by atoms with van der Waals surface area (Å²) in [5.41, 5.74) is 4.23. The molecule has 0 aliphatic carbocycles. The van der Waals surface area contributed by atoms with E-state index in [1.54, 1.807) is 12.1 Å². The minimum Gasteiger partial charge on any atom is -0.453 e.